The summed E-state index contributed by atoms with van der Waals surface area (Å²) < 4.78 is 61.1. The molecule has 2 fully saturated rings. The molecular formula is C107H121BrClF2N9O15. The number of benzene rings is 12. The highest BCUT2D eigenvalue weighted by Gasteiger charge is 2.33. The molecule has 135 heavy (non-hydrogen) atoms. The number of nitrogen functional groups attached to an aromatic ring is 1. The summed E-state index contributed by atoms with van der Waals surface area (Å²) in [6.07, 6.45) is 1.32. The first kappa shape index (κ1) is 108. The number of nitrogens with two attached hydrogens (primary N) is 1. The van der Waals surface area contributed by atoms with Crippen LogP contribution in [0.25, 0.3) is 0 Å². The number of aryl methyl sites for hydroxylation is 9. The van der Waals surface area contributed by atoms with E-state index in [-0.39, 0.29) is 36.3 Å². The molecular weight excluding hydrogens is 1800 g/mol. The van der Waals surface area contributed by atoms with Crippen LogP contribution in [0, 0.1) is 85.9 Å². The molecule has 0 radical (unpaired) electrons. The van der Waals surface area contributed by atoms with Gasteiger partial charge in [0, 0.05) is 68.8 Å². The van der Waals surface area contributed by atoms with Crippen LogP contribution in [0.15, 0.2) is 290 Å². The number of hydrogen-bond acceptors (Lipinski definition) is 17. The van der Waals surface area contributed by atoms with E-state index in [1.54, 1.807) is 84.9 Å². The van der Waals surface area contributed by atoms with E-state index in [9.17, 15) is 42.3 Å². The molecule has 14 rings (SSSR count). The summed E-state index contributed by atoms with van der Waals surface area (Å²) in [7, 11) is 0. The van der Waals surface area contributed by atoms with E-state index in [0.29, 0.717) is 74.2 Å². The van der Waals surface area contributed by atoms with Crippen LogP contribution in [0.5, 0.6) is 28.7 Å². The van der Waals surface area contributed by atoms with Gasteiger partial charge in [-0.1, -0.05) is 202 Å². The second-order valence-corrected chi connectivity index (χ2v) is 33.6. The van der Waals surface area contributed by atoms with Crippen LogP contribution in [0.1, 0.15) is 107 Å². The summed E-state index contributed by atoms with van der Waals surface area (Å²) in [5, 5.41) is 28.3. The lowest BCUT2D eigenvalue weighted by molar-refractivity contribution is 0.0126. The number of halogens is 4. The lowest BCUT2D eigenvalue weighted by Crippen LogP contribution is -2.38. The predicted molar refractivity (Wildman–Crippen MR) is 538 cm³/mol. The van der Waals surface area contributed by atoms with Crippen molar-refractivity contribution < 1.29 is 80.6 Å². The summed E-state index contributed by atoms with van der Waals surface area (Å²) >= 11 is 9.05. The SMILES string of the molecule is Cc1ccc(NC(=O)OCCF)cc1.Cc1ccc(NC(=O)O[C@H]2C[C@H](C)CC[C@H]2C(C)C)cc1.Cc1ccc(NC(=O)Oc2ccc(Br)cc2)cc1.Cc1ccc(NC(=O)Oc2ccc(C)cc2)cc1.Cc1ccc(NC(=O)Oc2ccc(Cl)cc2)cc1.Cc1ccc(NC(=O)Oc2ccc(F)cc2)cc1.Cc1ccc(O)c(N)c1.Cc1cccc(C(=O)NCCCN2CCOCC2)c1. The van der Waals surface area contributed by atoms with E-state index in [0.717, 1.165) is 125 Å². The maximum Gasteiger partial charge on any atom is 0.417 e. The maximum atomic E-state index is 12.7. The van der Waals surface area contributed by atoms with E-state index in [2.05, 4.69) is 83.6 Å². The van der Waals surface area contributed by atoms with E-state index >= 15 is 0 Å². The summed E-state index contributed by atoms with van der Waals surface area (Å²) in [6, 6.07) is 83.9. The summed E-state index contributed by atoms with van der Waals surface area (Å²) in [5.74, 6) is 3.24. The van der Waals surface area contributed by atoms with Crippen molar-refractivity contribution in [2.24, 2.45) is 17.8 Å². The number of rotatable bonds is 19. The number of hydrogen-bond donors (Lipinski definition) is 9. The van der Waals surface area contributed by atoms with Crippen LogP contribution in [0.4, 0.5) is 77.4 Å². The van der Waals surface area contributed by atoms with Crippen LogP contribution in [-0.2, 0) is 14.2 Å². The monoisotopic (exact) mass is 1920 g/mol. The molecule has 1 saturated carbocycles. The van der Waals surface area contributed by atoms with Gasteiger partial charge in [0.15, 0.2) is 0 Å². The Balaban J connectivity index is 0.000000212. The molecule has 12 aromatic carbocycles. The van der Waals surface area contributed by atoms with Gasteiger partial charge in [-0.25, -0.2) is 37.5 Å². The zero-order valence-corrected chi connectivity index (χ0v) is 80.5. The Kier molecular flexibility index (Phi) is 46.9. The van der Waals surface area contributed by atoms with Crippen molar-refractivity contribution in [2.75, 3.05) is 90.3 Å². The highest BCUT2D eigenvalue weighted by Crippen LogP contribution is 2.36. The minimum absolute atomic E-state index is 0.0191. The quantitative estimate of drug-likeness (QED) is 0.0206. The number of phenols is 1. The Hall–Kier alpha value is -14.1. The Morgan fingerprint density at radius 2 is 0.807 bits per heavy atom. The average Bonchev–Trinajstić information content (AvgIpc) is 0.837. The molecule has 0 bridgehead atoms. The van der Waals surface area contributed by atoms with Gasteiger partial charge >= 0.3 is 36.6 Å². The third kappa shape index (κ3) is 44.8. The Bertz CT molecular complexity index is 4990. The molecule has 28 heteroatoms. The van der Waals surface area contributed by atoms with E-state index < -0.39 is 37.1 Å². The van der Waals surface area contributed by atoms with E-state index in [4.69, 9.17) is 50.9 Å². The van der Waals surface area contributed by atoms with Crippen LogP contribution < -0.4 is 61.9 Å². The topological polar surface area (TPSA) is 318 Å². The summed E-state index contributed by atoms with van der Waals surface area (Å²) in [4.78, 5) is 83.7. The molecule has 2 aliphatic rings. The number of carbonyl (C=O) groups is 7. The number of anilines is 7. The second-order valence-electron chi connectivity index (χ2n) is 32.3. The van der Waals surface area contributed by atoms with Gasteiger partial charge in [0.2, 0.25) is 0 Å². The van der Waals surface area contributed by atoms with Gasteiger partial charge in [-0.05, 0) is 293 Å². The Morgan fingerprint density at radius 1 is 0.459 bits per heavy atom. The van der Waals surface area contributed by atoms with E-state index in [1.807, 2.05) is 238 Å². The van der Waals surface area contributed by atoms with Crippen LogP contribution in [0.3, 0.4) is 0 Å². The van der Waals surface area contributed by atoms with Crippen molar-refractivity contribution in [1.29, 1.82) is 0 Å². The molecule has 0 spiro atoms. The fourth-order valence-electron chi connectivity index (χ4n) is 12.6. The molecule has 1 heterocycles. The number of nitrogens with one attached hydrogen (secondary N) is 7. The molecule has 0 aromatic heterocycles. The van der Waals surface area contributed by atoms with Gasteiger partial charge in [-0.15, -0.1) is 0 Å². The Labute approximate surface area is 803 Å². The van der Waals surface area contributed by atoms with E-state index in [1.165, 1.54) is 36.2 Å². The lowest BCUT2D eigenvalue weighted by Gasteiger charge is -2.36. The standard InChI is InChI=1S/C18H27NO2.C15H22N2O2.C15H15NO2.C14H12BrNO2.C14H12ClNO2.C14H12FNO2.C10H12FNO2.C7H9NO/c1-12(2)16-10-7-14(4)11-17(16)21-18(20)19-15-8-5-13(3)6-9-15;1-13-4-2-5-14(12-13)15(18)16-6-3-7-17-8-10-19-11-9-17;1-11-3-7-13(8-4-11)16-15(17)18-14-9-5-12(2)6-10-14;3*1-10-2-6-12(7-3-10)16-14(17)18-13-8-4-11(15)5-9-13;1-8-2-4-9(5-3-8)12-10(13)14-7-6-11;1-5-2-3-7(9)6(8)4-5/h5-6,8-9,12,14,16-17H,7,10-11H2,1-4H3,(H,19,20);2,4-5,12H,3,6-11H2,1H3,(H,16,18);3-10H,1-2H3,(H,16,17);3*2-9H,1H3,(H,16,17);2-5H,6-7H2,1H3,(H,12,13);2-4,9H,8H2,1H3/t14-,16+,17+;;;;;;;/m1......./s1. The number of alkyl halides is 1. The van der Waals surface area contributed by atoms with Gasteiger partial charge in [-0.3, -0.25) is 41.6 Å². The maximum absolute atomic E-state index is 12.7. The number of ether oxygens (including phenoxy) is 7. The Morgan fingerprint density at radius 3 is 1.18 bits per heavy atom. The molecule has 24 nitrogen and oxygen atoms in total. The fourth-order valence-corrected chi connectivity index (χ4v) is 13.0. The second kappa shape index (κ2) is 58.7. The van der Waals surface area contributed by atoms with Gasteiger partial charge in [-0.2, -0.15) is 0 Å². The van der Waals surface area contributed by atoms with Crippen molar-refractivity contribution >= 4 is 110 Å². The third-order valence-corrected chi connectivity index (χ3v) is 20.9. The first-order valence-corrected chi connectivity index (χ1v) is 45.2. The minimum Gasteiger partial charge on any atom is -0.506 e. The van der Waals surface area contributed by atoms with Crippen LogP contribution in [0.2, 0.25) is 5.02 Å². The molecule has 0 unspecified atom stereocenters. The molecule has 10 N–H and O–H groups in total. The molecule has 12 aromatic rings. The average molecular weight is 1930 g/mol. The van der Waals surface area contributed by atoms with Crippen LogP contribution in [-0.4, -0.2) is 111 Å². The number of carbonyl (C=O) groups excluding carboxylic acids is 7. The smallest absolute Gasteiger partial charge is 0.417 e. The largest absolute Gasteiger partial charge is 0.506 e. The van der Waals surface area contributed by atoms with Gasteiger partial charge in [0.1, 0.15) is 54.0 Å². The molecule has 1 saturated heterocycles. The number of amides is 7. The number of phenolic OH excluding ortho intramolecular Hbond substituents is 1. The van der Waals surface area contributed by atoms with Crippen molar-refractivity contribution in [3.63, 3.8) is 0 Å². The first-order chi connectivity index (χ1) is 64.6. The lowest BCUT2D eigenvalue weighted by atomic mass is 9.75. The van der Waals surface area contributed by atoms with Crippen molar-refractivity contribution in [2.45, 2.75) is 115 Å². The minimum atomic E-state index is -0.665. The number of morpholine rings is 1. The van der Waals surface area contributed by atoms with Gasteiger partial charge in [0.25, 0.3) is 5.91 Å². The zero-order valence-electron chi connectivity index (χ0n) is 78.1. The first-order valence-electron chi connectivity index (χ1n) is 44.0. The number of nitrogens with zero attached hydrogens (tertiary/aromatic N) is 1. The van der Waals surface area contributed by atoms with Crippen molar-refractivity contribution in [3.8, 4) is 28.7 Å². The zero-order chi connectivity index (χ0) is 98.0. The molecule has 1 aliphatic heterocycles. The molecule has 3 atom stereocenters. The van der Waals surface area contributed by atoms with Crippen molar-refractivity contribution in [3.05, 3.63) is 356 Å². The normalized spacial score (nSPS) is 13.2. The van der Waals surface area contributed by atoms with Gasteiger partial charge < -0.3 is 49.3 Å². The van der Waals surface area contributed by atoms with Crippen molar-refractivity contribution in [1.82, 2.24) is 10.2 Å². The van der Waals surface area contributed by atoms with Gasteiger partial charge in [0.05, 0.1) is 18.9 Å². The fraction of sp³-hybridized carbons (Fsp3) is 0.262. The molecule has 1 aliphatic carbocycles. The summed E-state index contributed by atoms with van der Waals surface area (Å²) in [5.41, 5.74) is 20.8. The third-order valence-electron chi connectivity index (χ3n) is 20.1. The van der Waals surface area contributed by atoms with Crippen LogP contribution >= 0.6 is 27.5 Å². The number of aromatic hydroxyl groups is 1. The molecule has 712 valence electrons. The summed E-state index contributed by atoms with van der Waals surface area (Å²) in [6.45, 7) is 29.0. The highest BCUT2D eigenvalue weighted by atomic mass is 79.9. The highest BCUT2D eigenvalue weighted by molar-refractivity contribution is 9.10. The predicted octanol–water partition coefficient (Wildman–Crippen LogP) is 26.5. The molecule has 7 amide bonds.